The molecule has 0 fully saturated rings. The number of methoxy groups -OCH3 is 1. The Balaban J connectivity index is 2.07. The zero-order valence-electron chi connectivity index (χ0n) is 18.7. The Morgan fingerprint density at radius 2 is 2.06 bits per heavy atom. The third kappa shape index (κ3) is 4.75. The third-order valence-corrected chi connectivity index (χ3v) is 6.67. The van der Waals surface area contributed by atoms with Crippen LogP contribution in [0.4, 0.5) is 4.39 Å². The van der Waals surface area contributed by atoms with Gasteiger partial charge in [0.15, 0.2) is 5.78 Å². The maximum absolute atomic E-state index is 14.2. The summed E-state index contributed by atoms with van der Waals surface area (Å²) in [5, 5.41) is 3.19. The van der Waals surface area contributed by atoms with Crippen LogP contribution >= 0.6 is 11.8 Å². The van der Waals surface area contributed by atoms with Crippen molar-refractivity contribution >= 4 is 29.5 Å². The molecule has 8 heteroatoms. The van der Waals surface area contributed by atoms with Gasteiger partial charge < -0.3 is 14.8 Å². The van der Waals surface area contributed by atoms with E-state index in [2.05, 4.69) is 5.32 Å². The fraction of sp³-hybridized carbons (Fsp3) is 0.458. The van der Waals surface area contributed by atoms with E-state index >= 15 is 0 Å². The van der Waals surface area contributed by atoms with Crippen LogP contribution in [0.25, 0.3) is 0 Å². The minimum absolute atomic E-state index is 0.228. The average Bonchev–Trinajstić information content (AvgIpc) is 2.75. The van der Waals surface area contributed by atoms with Gasteiger partial charge in [0.25, 0.3) is 0 Å². The van der Waals surface area contributed by atoms with E-state index in [1.807, 2.05) is 13.8 Å². The average molecular weight is 462 g/mol. The Morgan fingerprint density at radius 3 is 2.72 bits per heavy atom. The first-order valence-corrected chi connectivity index (χ1v) is 11.8. The summed E-state index contributed by atoms with van der Waals surface area (Å²) in [5.41, 5.74) is 2.21. The Morgan fingerprint density at radius 1 is 1.31 bits per heavy atom. The molecule has 1 aliphatic heterocycles. The van der Waals surface area contributed by atoms with E-state index in [1.165, 1.54) is 25.3 Å². The Bertz CT molecular complexity index is 986. The number of rotatable bonds is 7. The molecule has 1 N–H and O–H groups in total. The highest BCUT2D eigenvalue weighted by molar-refractivity contribution is 7.99. The van der Waals surface area contributed by atoms with E-state index < -0.39 is 35.4 Å². The lowest BCUT2D eigenvalue weighted by molar-refractivity contribution is -0.151. The summed E-state index contributed by atoms with van der Waals surface area (Å²) in [4.78, 5) is 39.0. The van der Waals surface area contributed by atoms with Crippen molar-refractivity contribution in [3.63, 3.8) is 0 Å². The SMILES string of the molecule is CCSCCOC(=O)C1=C(C)NC2=C(C(=O)[C@@H](C(=O)OC)[C@@H](C)C2)[C@@H]1c1cccc(F)c1. The molecule has 0 amide bonds. The number of hydrogen-bond donors (Lipinski definition) is 1. The van der Waals surface area contributed by atoms with E-state index in [4.69, 9.17) is 9.47 Å². The number of ether oxygens (including phenoxy) is 2. The van der Waals surface area contributed by atoms with Gasteiger partial charge in [-0.1, -0.05) is 26.0 Å². The monoisotopic (exact) mass is 461 g/mol. The lowest BCUT2D eigenvalue weighted by Crippen LogP contribution is -2.43. The highest BCUT2D eigenvalue weighted by atomic mass is 32.2. The Hall–Kier alpha value is -2.61. The first-order chi connectivity index (χ1) is 15.3. The van der Waals surface area contributed by atoms with Crippen molar-refractivity contribution in [2.75, 3.05) is 25.2 Å². The molecule has 32 heavy (non-hydrogen) atoms. The van der Waals surface area contributed by atoms with Crippen molar-refractivity contribution in [3.8, 4) is 0 Å². The number of thioether (sulfide) groups is 1. The van der Waals surface area contributed by atoms with Gasteiger partial charge in [-0.05, 0) is 42.7 Å². The largest absolute Gasteiger partial charge is 0.468 e. The van der Waals surface area contributed by atoms with Crippen LogP contribution in [0.5, 0.6) is 0 Å². The van der Waals surface area contributed by atoms with Gasteiger partial charge in [0.2, 0.25) is 0 Å². The lowest BCUT2D eigenvalue weighted by atomic mass is 9.69. The summed E-state index contributed by atoms with van der Waals surface area (Å²) in [6, 6.07) is 5.83. The molecule has 6 nitrogen and oxygen atoms in total. The van der Waals surface area contributed by atoms with Gasteiger partial charge in [0.05, 0.1) is 12.7 Å². The van der Waals surface area contributed by atoms with E-state index in [-0.39, 0.29) is 18.1 Å². The highest BCUT2D eigenvalue weighted by Gasteiger charge is 2.47. The molecule has 1 aromatic rings. The third-order valence-electron chi connectivity index (χ3n) is 5.81. The number of halogens is 1. The second kappa shape index (κ2) is 10.3. The van der Waals surface area contributed by atoms with Gasteiger partial charge in [-0.2, -0.15) is 11.8 Å². The van der Waals surface area contributed by atoms with E-state index in [0.29, 0.717) is 34.7 Å². The maximum Gasteiger partial charge on any atom is 0.336 e. The van der Waals surface area contributed by atoms with Gasteiger partial charge in [0, 0.05) is 28.6 Å². The zero-order chi connectivity index (χ0) is 23.4. The molecular weight excluding hydrogens is 433 g/mol. The Labute approximate surface area is 191 Å². The number of nitrogens with one attached hydrogen (secondary N) is 1. The summed E-state index contributed by atoms with van der Waals surface area (Å²) in [7, 11) is 1.25. The predicted molar refractivity (Wildman–Crippen MR) is 120 cm³/mol. The summed E-state index contributed by atoms with van der Waals surface area (Å²) in [6.07, 6.45) is 0.430. The Kier molecular flexibility index (Phi) is 7.77. The van der Waals surface area contributed by atoms with Gasteiger partial charge in [-0.15, -0.1) is 0 Å². The fourth-order valence-corrected chi connectivity index (χ4v) is 4.88. The number of Topliss-reactive ketones (excluding diaryl/α,β-unsaturated/α-hetero) is 1. The lowest BCUT2D eigenvalue weighted by Gasteiger charge is -2.38. The molecule has 1 aliphatic carbocycles. The number of dihydropyridines is 1. The molecule has 0 saturated heterocycles. The van der Waals surface area contributed by atoms with Crippen LogP contribution in [0.15, 0.2) is 46.8 Å². The number of benzene rings is 1. The number of esters is 2. The van der Waals surface area contributed by atoms with Gasteiger partial charge in [-0.25, -0.2) is 9.18 Å². The van der Waals surface area contributed by atoms with Crippen LogP contribution in [0.3, 0.4) is 0 Å². The van der Waals surface area contributed by atoms with Gasteiger partial charge >= 0.3 is 11.9 Å². The quantitative estimate of drug-likeness (QED) is 0.376. The number of carbonyl (C=O) groups excluding carboxylic acids is 3. The van der Waals surface area contributed by atoms with Crippen molar-refractivity contribution in [2.24, 2.45) is 11.8 Å². The minimum atomic E-state index is -0.978. The van der Waals surface area contributed by atoms with E-state index in [9.17, 15) is 18.8 Å². The van der Waals surface area contributed by atoms with Crippen LogP contribution in [0, 0.1) is 17.7 Å². The molecule has 1 aromatic carbocycles. The number of allylic oxidation sites excluding steroid dienone is 3. The molecule has 0 saturated carbocycles. The first-order valence-electron chi connectivity index (χ1n) is 10.6. The van der Waals surface area contributed by atoms with Crippen LogP contribution in [-0.2, 0) is 23.9 Å². The van der Waals surface area contributed by atoms with Crippen molar-refractivity contribution < 1.29 is 28.2 Å². The van der Waals surface area contributed by atoms with E-state index in [1.54, 1.807) is 24.8 Å². The molecule has 3 rings (SSSR count). The van der Waals surface area contributed by atoms with Crippen LogP contribution in [0.2, 0.25) is 0 Å². The summed E-state index contributed by atoms with van der Waals surface area (Å²) < 4.78 is 24.5. The smallest absolute Gasteiger partial charge is 0.336 e. The molecule has 3 atom stereocenters. The zero-order valence-corrected chi connectivity index (χ0v) is 19.5. The van der Waals surface area contributed by atoms with Crippen molar-refractivity contribution in [2.45, 2.75) is 33.1 Å². The highest BCUT2D eigenvalue weighted by Crippen LogP contribution is 2.45. The van der Waals surface area contributed by atoms with E-state index in [0.717, 1.165) is 5.75 Å². The molecule has 0 aromatic heterocycles. The summed E-state index contributed by atoms with van der Waals surface area (Å²) >= 11 is 1.65. The molecule has 0 radical (unpaired) electrons. The second-order valence-electron chi connectivity index (χ2n) is 7.92. The standard InChI is InChI=1S/C24H28FNO5S/c1-5-32-10-9-31-24(29)19-14(3)26-17-11-13(2)18(23(28)30-4)22(27)21(17)20(19)15-7-6-8-16(25)12-15/h6-8,12-13,18,20,26H,5,9-11H2,1-4H3/t13-,18-,20+/m0/s1. The van der Waals surface area contributed by atoms with Gasteiger partial charge in [-0.3, -0.25) is 9.59 Å². The molecule has 1 heterocycles. The molecule has 172 valence electrons. The minimum Gasteiger partial charge on any atom is -0.468 e. The summed E-state index contributed by atoms with van der Waals surface area (Å²) in [6.45, 7) is 5.81. The maximum atomic E-state index is 14.2. The number of carbonyl (C=O) groups is 3. The first kappa shape index (κ1) is 24.0. The molecular formula is C24H28FNO5S. The van der Waals surface area contributed by atoms with Gasteiger partial charge in [0.1, 0.15) is 18.3 Å². The van der Waals surface area contributed by atoms with Crippen molar-refractivity contribution in [3.05, 3.63) is 58.2 Å². The van der Waals surface area contributed by atoms with Crippen LogP contribution < -0.4 is 5.32 Å². The molecule has 0 bridgehead atoms. The molecule has 0 spiro atoms. The normalized spacial score (nSPS) is 22.9. The predicted octanol–water partition coefficient (Wildman–Crippen LogP) is 3.74. The van der Waals surface area contributed by atoms with Crippen LogP contribution in [0.1, 0.15) is 38.7 Å². The number of ketones is 1. The van der Waals surface area contributed by atoms with Crippen LogP contribution in [-0.4, -0.2) is 42.9 Å². The molecule has 0 unspecified atom stereocenters. The fourth-order valence-electron chi connectivity index (χ4n) is 4.39. The number of hydrogen-bond acceptors (Lipinski definition) is 7. The molecule has 2 aliphatic rings. The summed E-state index contributed by atoms with van der Waals surface area (Å²) in [5.74, 6) is -2.59. The topological polar surface area (TPSA) is 81.7 Å². The second-order valence-corrected chi connectivity index (χ2v) is 9.32. The van der Waals surface area contributed by atoms with Crippen molar-refractivity contribution in [1.29, 1.82) is 0 Å². The van der Waals surface area contributed by atoms with Crippen molar-refractivity contribution in [1.82, 2.24) is 5.32 Å².